The fourth-order valence-corrected chi connectivity index (χ4v) is 1.24. The van der Waals surface area contributed by atoms with E-state index in [1.165, 1.54) is 20.9 Å². The molecule has 18 heavy (non-hydrogen) atoms. The van der Waals surface area contributed by atoms with Crippen molar-refractivity contribution in [1.82, 2.24) is 21.0 Å². The summed E-state index contributed by atoms with van der Waals surface area (Å²) in [5.74, 6) is -1.70. The minimum atomic E-state index is -1.13. The Morgan fingerprint density at radius 3 is 2.39 bits per heavy atom. The van der Waals surface area contributed by atoms with Crippen LogP contribution in [0.3, 0.4) is 0 Å². The van der Waals surface area contributed by atoms with Crippen molar-refractivity contribution in [1.29, 1.82) is 0 Å². The number of urea groups is 1. The number of nitrogens with zero attached hydrogens (tertiary/aromatic N) is 2. The zero-order chi connectivity index (χ0) is 13.9. The molecule has 0 aromatic rings. The summed E-state index contributed by atoms with van der Waals surface area (Å²) in [7, 11) is 1.27. The molecule has 5 amide bonds. The lowest BCUT2D eigenvalue weighted by Gasteiger charge is -2.29. The van der Waals surface area contributed by atoms with Gasteiger partial charge in [0.1, 0.15) is 0 Å². The van der Waals surface area contributed by atoms with E-state index in [1.807, 2.05) is 0 Å². The van der Waals surface area contributed by atoms with Gasteiger partial charge < -0.3 is 5.32 Å². The van der Waals surface area contributed by atoms with Crippen molar-refractivity contribution in [2.75, 3.05) is 7.05 Å². The van der Waals surface area contributed by atoms with Gasteiger partial charge >= 0.3 is 6.03 Å². The molecule has 0 aliphatic carbocycles. The van der Waals surface area contributed by atoms with Crippen molar-refractivity contribution in [2.45, 2.75) is 19.9 Å². The summed E-state index contributed by atoms with van der Waals surface area (Å²) in [6, 6.07) is -1.82. The third kappa shape index (κ3) is 3.03. The largest absolute Gasteiger partial charge is 0.338 e. The molecule has 3 N–H and O–H groups in total. The van der Waals surface area contributed by atoms with Crippen LogP contribution in [0.4, 0.5) is 4.79 Å². The Bertz CT molecular complexity index is 444. The number of likely N-dealkylation sites (N-methyl/N-ethyl adjacent to an activating group) is 1. The molecule has 1 atom stereocenters. The first-order valence-corrected chi connectivity index (χ1v) is 5.02. The molecule has 9 heteroatoms. The summed E-state index contributed by atoms with van der Waals surface area (Å²) >= 11 is 0. The SMILES string of the molecule is CC(=O)NN=C1NC(=O)N(C)C(=O)[C@H]1NC(C)=O. The van der Waals surface area contributed by atoms with Crippen LogP contribution in [0, 0.1) is 0 Å². The van der Waals surface area contributed by atoms with Gasteiger partial charge in [0, 0.05) is 20.9 Å². The highest BCUT2D eigenvalue weighted by molar-refractivity contribution is 6.21. The Morgan fingerprint density at radius 1 is 1.28 bits per heavy atom. The number of amidine groups is 1. The fourth-order valence-electron chi connectivity index (χ4n) is 1.24. The van der Waals surface area contributed by atoms with Gasteiger partial charge in [-0.2, -0.15) is 5.10 Å². The van der Waals surface area contributed by atoms with Gasteiger partial charge in [0.05, 0.1) is 0 Å². The lowest BCUT2D eigenvalue weighted by Crippen LogP contribution is -2.64. The molecule has 9 nitrogen and oxygen atoms in total. The Hall–Kier alpha value is -2.45. The average Bonchev–Trinajstić information content (AvgIpc) is 2.27. The number of imide groups is 1. The molecule has 0 unspecified atom stereocenters. The summed E-state index contributed by atoms with van der Waals surface area (Å²) in [6.07, 6.45) is 0. The van der Waals surface area contributed by atoms with Crippen LogP contribution in [-0.2, 0) is 14.4 Å². The number of rotatable bonds is 2. The molecule has 1 rings (SSSR count). The quantitative estimate of drug-likeness (QED) is 0.500. The maximum absolute atomic E-state index is 11.8. The van der Waals surface area contributed by atoms with Gasteiger partial charge in [-0.05, 0) is 0 Å². The van der Waals surface area contributed by atoms with Crippen LogP contribution >= 0.6 is 0 Å². The molecule has 1 heterocycles. The maximum atomic E-state index is 11.8. The molecule has 1 aliphatic rings. The fraction of sp³-hybridized carbons (Fsp3) is 0.444. The van der Waals surface area contributed by atoms with E-state index in [4.69, 9.17) is 0 Å². The zero-order valence-corrected chi connectivity index (χ0v) is 10.1. The normalized spacial score (nSPS) is 21.6. The van der Waals surface area contributed by atoms with Crippen LogP contribution in [0.15, 0.2) is 5.10 Å². The highest BCUT2D eigenvalue weighted by Crippen LogP contribution is 2.02. The zero-order valence-electron chi connectivity index (χ0n) is 10.1. The van der Waals surface area contributed by atoms with Crippen LogP contribution in [0.1, 0.15) is 13.8 Å². The van der Waals surface area contributed by atoms with E-state index < -0.39 is 29.8 Å². The van der Waals surface area contributed by atoms with E-state index in [1.54, 1.807) is 0 Å². The summed E-state index contributed by atoms with van der Waals surface area (Å²) in [6.45, 7) is 2.44. The molecule has 98 valence electrons. The highest BCUT2D eigenvalue weighted by atomic mass is 16.2. The topological polar surface area (TPSA) is 120 Å². The molecule has 1 aliphatic heterocycles. The molecular weight excluding hydrogens is 242 g/mol. The van der Waals surface area contributed by atoms with Crippen LogP contribution in [0.5, 0.6) is 0 Å². The predicted molar refractivity (Wildman–Crippen MR) is 60.2 cm³/mol. The molecule has 0 bridgehead atoms. The number of carbonyl (C=O) groups is 4. The molecule has 0 spiro atoms. The summed E-state index contributed by atoms with van der Waals surface area (Å²) < 4.78 is 0. The Balaban J connectivity index is 2.99. The van der Waals surface area contributed by atoms with E-state index in [9.17, 15) is 19.2 Å². The molecule has 1 saturated heterocycles. The van der Waals surface area contributed by atoms with E-state index >= 15 is 0 Å². The first-order valence-electron chi connectivity index (χ1n) is 5.02. The second kappa shape index (κ2) is 5.25. The van der Waals surface area contributed by atoms with Crippen LogP contribution < -0.4 is 16.1 Å². The van der Waals surface area contributed by atoms with Gasteiger partial charge in [-0.25, -0.2) is 10.2 Å². The number of amides is 5. The number of nitrogens with one attached hydrogen (secondary N) is 3. The van der Waals surface area contributed by atoms with Gasteiger partial charge in [0.2, 0.25) is 11.8 Å². The molecule has 0 saturated carbocycles. The minimum absolute atomic E-state index is 0.131. The number of hydrogen-bond acceptors (Lipinski definition) is 5. The van der Waals surface area contributed by atoms with Gasteiger partial charge in [0.15, 0.2) is 11.9 Å². The van der Waals surface area contributed by atoms with E-state index in [2.05, 4.69) is 21.2 Å². The van der Waals surface area contributed by atoms with Crippen molar-refractivity contribution >= 4 is 29.6 Å². The summed E-state index contributed by atoms with van der Waals surface area (Å²) in [5.41, 5.74) is 2.09. The standard InChI is InChI=1S/C9H13N5O4/c1-4(15)10-6-7(13-12-5(2)16)11-9(18)14(3)8(6)17/h6H,1-3H3,(H,10,15)(H,12,16)(H,11,13,18)/t6-/m0/s1. The first-order chi connectivity index (χ1) is 8.32. The Labute approximate surface area is 103 Å². The second-order valence-electron chi connectivity index (χ2n) is 3.63. The average molecular weight is 255 g/mol. The molecule has 0 aromatic heterocycles. The molecule has 0 radical (unpaired) electrons. The van der Waals surface area contributed by atoms with Crippen LogP contribution in [-0.4, -0.2) is 47.6 Å². The molecular formula is C9H13N5O4. The number of carbonyl (C=O) groups excluding carboxylic acids is 4. The smallest absolute Gasteiger partial charge is 0.329 e. The van der Waals surface area contributed by atoms with Crippen LogP contribution in [0.25, 0.3) is 0 Å². The van der Waals surface area contributed by atoms with Crippen molar-refractivity contribution in [2.24, 2.45) is 5.10 Å². The summed E-state index contributed by atoms with van der Waals surface area (Å²) in [5, 5.41) is 8.20. The van der Waals surface area contributed by atoms with Crippen LogP contribution in [0.2, 0.25) is 0 Å². The van der Waals surface area contributed by atoms with Gasteiger partial charge in [-0.3, -0.25) is 24.6 Å². The van der Waals surface area contributed by atoms with Crippen molar-refractivity contribution in [3.8, 4) is 0 Å². The van der Waals surface area contributed by atoms with E-state index in [-0.39, 0.29) is 5.84 Å². The van der Waals surface area contributed by atoms with Gasteiger partial charge in [0.25, 0.3) is 5.91 Å². The third-order valence-corrected chi connectivity index (χ3v) is 2.07. The third-order valence-electron chi connectivity index (χ3n) is 2.07. The highest BCUT2D eigenvalue weighted by Gasteiger charge is 2.37. The van der Waals surface area contributed by atoms with Gasteiger partial charge in [-0.15, -0.1) is 0 Å². The Kier molecular flexibility index (Phi) is 3.97. The van der Waals surface area contributed by atoms with Crippen molar-refractivity contribution in [3.63, 3.8) is 0 Å². The first kappa shape index (κ1) is 13.6. The maximum Gasteiger partial charge on any atom is 0.329 e. The summed E-state index contributed by atoms with van der Waals surface area (Å²) in [4.78, 5) is 45.7. The monoisotopic (exact) mass is 255 g/mol. The molecule has 0 aromatic carbocycles. The second-order valence-corrected chi connectivity index (χ2v) is 3.63. The molecule has 1 fully saturated rings. The lowest BCUT2D eigenvalue weighted by atomic mass is 10.2. The van der Waals surface area contributed by atoms with Crippen molar-refractivity contribution < 1.29 is 19.2 Å². The lowest BCUT2D eigenvalue weighted by molar-refractivity contribution is -0.131. The Morgan fingerprint density at radius 2 is 1.89 bits per heavy atom. The number of hydrazone groups is 1. The number of hydrogen-bond donors (Lipinski definition) is 3. The van der Waals surface area contributed by atoms with E-state index in [0.717, 1.165) is 4.90 Å². The minimum Gasteiger partial charge on any atom is -0.338 e. The van der Waals surface area contributed by atoms with Crippen molar-refractivity contribution in [3.05, 3.63) is 0 Å². The van der Waals surface area contributed by atoms with E-state index in [0.29, 0.717) is 0 Å². The predicted octanol–water partition coefficient (Wildman–Crippen LogP) is -1.88. The van der Waals surface area contributed by atoms with Gasteiger partial charge in [-0.1, -0.05) is 0 Å².